The second-order valence-corrected chi connectivity index (χ2v) is 10.6. The molecule has 0 saturated heterocycles. The summed E-state index contributed by atoms with van der Waals surface area (Å²) < 4.78 is 23.1. The molecule has 0 heterocycles. The van der Waals surface area contributed by atoms with Gasteiger partial charge in [0.2, 0.25) is 12.2 Å². The summed E-state index contributed by atoms with van der Waals surface area (Å²) in [4.78, 5) is 45.7. The fourth-order valence-electron chi connectivity index (χ4n) is 3.29. The second kappa shape index (κ2) is 14.6. The van der Waals surface area contributed by atoms with Crippen LogP contribution >= 0.6 is 7.60 Å². The molecule has 3 unspecified atom stereocenters. The number of carboxylic acid groups (broad SMARTS) is 1. The van der Waals surface area contributed by atoms with Crippen LogP contribution in [0.25, 0.3) is 11.1 Å². The molecule has 2 aromatic rings. The van der Waals surface area contributed by atoms with Crippen molar-refractivity contribution in [3.05, 3.63) is 60.2 Å². The number of hydrogen-bond acceptors (Lipinski definition) is 7. The summed E-state index contributed by atoms with van der Waals surface area (Å²) in [5.74, 6) is -2.53. The van der Waals surface area contributed by atoms with Crippen molar-refractivity contribution in [2.45, 2.75) is 52.4 Å². The highest BCUT2D eigenvalue weighted by atomic mass is 31.2. The van der Waals surface area contributed by atoms with Crippen LogP contribution in [0.5, 0.6) is 0 Å². The first-order valence-corrected chi connectivity index (χ1v) is 13.8. The van der Waals surface area contributed by atoms with Gasteiger partial charge < -0.3 is 20.1 Å². The molecule has 0 radical (unpaired) electrons. The van der Waals surface area contributed by atoms with Gasteiger partial charge in [0.25, 0.3) is 0 Å². The zero-order valence-corrected chi connectivity index (χ0v) is 22.1. The van der Waals surface area contributed by atoms with Crippen LogP contribution in [0.15, 0.2) is 54.6 Å². The van der Waals surface area contributed by atoms with Gasteiger partial charge in [-0.3, -0.25) is 28.8 Å². The standard InChI is InChI=1S/C26H35N2O8P/c1-4-24(31)35-26(18(2)3)36-37(33,34)17-28-22(25(32)27-15-14-23(29)30)16-19-10-12-21(13-11-19)20-8-6-5-7-9-20/h5-13,18,22,26,28H,4,14-17H2,1-3H3,(H,27,32)(H,29,30)(H,33,34). The third kappa shape index (κ3) is 10.9. The maximum absolute atomic E-state index is 12.8. The van der Waals surface area contributed by atoms with Gasteiger partial charge in [0.05, 0.1) is 18.7 Å². The minimum Gasteiger partial charge on any atom is -0.481 e. The molecule has 2 aromatic carbocycles. The van der Waals surface area contributed by atoms with Crippen molar-refractivity contribution < 1.29 is 38.2 Å². The van der Waals surface area contributed by atoms with E-state index in [1.165, 1.54) is 0 Å². The molecular formula is C26H35N2O8P. The van der Waals surface area contributed by atoms with Gasteiger partial charge in [-0.05, 0) is 23.1 Å². The first kappa shape index (κ1) is 30.2. The summed E-state index contributed by atoms with van der Waals surface area (Å²) in [5.41, 5.74) is 2.82. The van der Waals surface area contributed by atoms with Crippen LogP contribution in [-0.2, 0) is 34.6 Å². The van der Waals surface area contributed by atoms with E-state index in [2.05, 4.69) is 10.6 Å². The number of esters is 1. The van der Waals surface area contributed by atoms with Crippen LogP contribution in [0, 0.1) is 5.92 Å². The van der Waals surface area contributed by atoms with E-state index in [1.807, 2.05) is 54.6 Å². The maximum atomic E-state index is 12.8. The Kier molecular flexibility index (Phi) is 11.9. The summed E-state index contributed by atoms with van der Waals surface area (Å²) in [6.45, 7) is 4.87. The number of carboxylic acids is 1. The Morgan fingerprint density at radius 2 is 1.62 bits per heavy atom. The molecule has 3 atom stereocenters. The molecule has 37 heavy (non-hydrogen) atoms. The van der Waals surface area contributed by atoms with Crippen LogP contribution < -0.4 is 10.6 Å². The lowest BCUT2D eigenvalue weighted by Gasteiger charge is -2.25. The minimum absolute atomic E-state index is 0.0855. The number of benzene rings is 2. The molecule has 0 fully saturated rings. The predicted molar refractivity (Wildman–Crippen MR) is 139 cm³/mol. The van der Waals surface area contributed by atoms with E-state index in [0.29, 0.717) is 0 Å². The van der Waals surface area contributed by atoms with Gasteiger partial charge in [-0.15, -0.1) is 0 Å². The highest BCUT2D eigenvalue weighted by molar-refractivity contribution is 7.52. The average Bonchev–Trinajstić information content (AvgIpc) is 2.86. The van der Waals surface area contributed by atoms with Gasteiger partial charge in [-0.25, -0.2) is 0 Å². The number of rotatable bonds is 15. The van der Waals surface area contributed by atoms with Crippen LogP contribution in [0.2, 0.25) is 0 Å². The molecule has 0 bridgehead atoms. The normalized spacial score (nSPS) is 14.4. The van der Waals surface area contributed by atoms with Crippen molar-refractivity contribution in [3.63, 3.8) is 0 Å². The Labute approximate surface area is 216 Å². The van der Waals surface area contributed by atoms with Gasteiger partial charge in [-0.1, -0.05) is 75.4 Å². The van der Waals surface area contributed by atoms with Crippen LogP contribution in [-0.4, -0.2) is 53.0 Å². The number of carbonyl (C=O) groups is 3. The SMILES string of the molecule is CCC(=O)OC(OP(=O)(O)CNC(Cc1ccc(-c2ccccc2)cc1)C(=O)NCCC(=O)O)C(C)C. The molecule has 11 heteroatoms. The average molecular weight is 535 g/mol. The first-order chi connectivity index (χ1) is 17.5. The van der Waals surface area contributed by atoms with E-state index in [1.54, 1.807) is 20.8 Å². The molecule has 2 rings (SSSR count). The number of nitrogens with one attached hydrogen (secondary N) is 2. The quantitative estimate of drug-likeness (QED) is 0.153. The Balaban J connectivity index is 2.11. The van der Waals surface area contributed by atoms with E-state index in [-0.39, 0.29) is 31.7 Å². The lowest BCUT2D eigenvalue weighted by atomic mass is 10.0. The number of aliphatic carboxylic acids is 1. The molecule has 0 saturated carbocycles. The van der Waals surface area contributed by atoms with Crippen molar-refractivity contribution in [1.82, 2.24) is 10.6 Å². The molecule has 0 aliphatic carbocycles. The smallest absolute Gasteiger partial charge is 0.344 e. The number of ether oxygens (including phenoxy) is 1. The monoisotopic (exact) mass is 534 g/mol. The third-order valence-corrected chi connectivity index (χ3v) is 6.46. The van der Waals surface area contributed by atoms with Gasteiger partial charge in [-0.2, -0.15) is 0 Å². The van der Waals surface area contributed by atoms with E-state index in [4.69, 9.17) is 14.4 Å². The Bertz CT molecular complexity index is 1080. The molecular weight excluding hydrogens is 499 g/mol. The Morgan fingerprint density at radius 3 is 2.19 bits per heavy atom. The molecule has 0 aliphatic heterocycles. The Hall–Kier alpha value is -3.04. The van der Waals surface area contributed by atoms with Gasteiger partial charge in [0.15, 0.2) is 0 Å². The lowest BCUT2D eigenvalue weighted by Crippen LogP contribution is -2.46. The third-order valence-electron chi connectivity index (χ3n) is 5.34. The molecule has 1 amide bonds. The predicted octanol–water partition coefficient (Wildman–Crippen LogP) is 3.54. The van der Waals surface area contributed by atoms with Crippen LogP contribution in [0.4, 0.5) is 0 Å². The molecule has 10 nitrogen and oxygen atoms in total. The summed E-state index contributed by atoms with van der Waals surface area (Å²) in [7, 11) is -4.32. The highest BCUT2D eigenvalue weighted by Gasteiger charge is 2.31. The molecule has 202 valence electrons. The fraction of sp³-hybridized carbons (Fsp3) is 0.423. The van der Waals surface area contributed by atoms with Crippen LogP contribution in [0.3, 0.4) is 0 Å². The van der Waals surface area contributed by atoms with Crippen molar-refractivity contribution in [2.75, 3.05) is 12.8 Å². The Morgan fingerprint density at radius 1 is 1.00 bits per heavy atom. The first-order valence-electron chi connectivity index (χ1n) is 12.1. The summed E-state index contributed by atoms with van der Waals surface area (Å²) >= 11 is 0. The minimum atomic E-state index is -4.32. The van der Waals surface area contributed by atoms with E-state index in [9.17, 15) is 23.8 Å². The molecule has 4 N–H and O–H groups in total. The maximum Gasteiger partial charge on any atom is 0.344 e. The van der Waals surface area contributed by atoms with E-state index < -0.39 is 44.1 Å². The molecule has 0 aromatic heterocycles. The van der Waals surface area contributed by atoms with Gasteiger partial charge in [0.1, 0.15) is 0 Å². The number of hydrogen-bond donors (Lipinski definition) is 4. The van der Waals surface area contributed by atoms with E-state index >= 15 is 0 Å². The largest absolute Gasteiger partial charge is 0.481 e. The van der Waals surface area contributed by atoms with Crippen molar-refractivity contribution >= 4 is 25.4 Å². The van der Waals surface area contributed by atoms with E-state index in [0.717, 1.165) is 16.7 Å². The molecule has 0 spiro atoms. The van der Waals surface area contributed by atoms with Crippen molar-refractivity contribution in [1.29, 1.82) is 0 Å². The summed E-state index contributed by atoms with van der Waals surface area (Å²) in [6.07, 6.45) is -1.81. The zero-order valence-electron chi connectivity index (χ0n) is 21.3. The summed E-state index contributed by atoms with van der Waals surface area (Å²) in [6, 6.07) is 16.4. The fourth-order valence-corrected chi connectivity index (χ4v) is 4.43. The van der Waals surface area contributed by atoms with Gasteiger partial charge >= 0.3 is 19.5 Å². The van der Waals surface area contributed by atoms with Crippen molar-refractivity contribution in [2.24, 2.45) is 5.92 Å². The van der Waals surface area contributed by atoms with Crippen molar-refractivity contribution in [3.8, 4) is 11.1 Å². The topological polar surface area (TPSA) is 151 Å². The number of carbonyl (C=O) groups excluding carboxylic acids is 2. The second-order valence-electron chi connectivity index (χ2n) is 8.82. The lowest BCUT2D eigenvalue weighted by molar-refractivity contribution is -0.170. The zero-order chi connectivity index (χ0) is 27.4. The highest BCUT2D eigenvalue weighted by Crippen LogP contribution is 2.43. The van der Waals surface area contributed by atoms with Gasteiger partial charge in [0, 0.05) is 18.9 Å². The number of amides is 1. The van der Waals surface area contributed by atoms with Crippen LogP contribution in [0.1, 0.15) is 39.2 Å². The summed E-state index contributed by atoms with van der Waals surface area (Å²) in [5, 5.41) is 14.2. The molecule has 0 aliphatic rings.